The van der Waals surface area contributed by atoms with Crippen LogP contribution in [0.3, 0.4) is 0 Å². The lowest BCUT2D eigenvalue weighted by atomic mass is 10.00. The highest BCUT2D eigenvalue weighted by molar-refractivity contribution is 5.32. The van der Waals surface area contributed by atoms with Gasteiger partial charge in [-0.05, 0) is 31.4 Å². The summed E-state index contributed by atoms with van der Waals surface area (Å²) in [5.41, 5.74) is 9.76. The van der Waals surface area contributed by atoms with Gasteiger partial charge in [-0.25, -0.2) is 0 Å². The number of rotatable bonds is 10. The van der Waals surface area contributed by atoms with E-state index in [4.69, 9.17) is 19.9 Å². The maximum Gasteiger partial charge on any atom is 0.0701 e. The Balaban J connectivity index is 2.17. The van der Waals surface area contributed by atoms with E-state index in [-0.39, 0.29) is 6.04 Å². The molecule has 114 valence electrons. The number of hydrogen-bond acceptors (Lipinski definition) is 4. The third-order valence-corrected chi connectivity index (χ3v) is 3.14. The van der Waals surface area contributed by atoms with Crippen LogP contribution < -0.4 is 5.73 Å². The van der Waals surface area contributed by atoms with Crippen molar-refractivity contribution >= 4 is 0 Å². The monoisotopic (exact) mass is 281 g/mol. The van der Waals surface area contributed by atoms with Gasteiger partial charge < -0.3 is 19.9 Å². The predicted octanol–water partition coefficient (Wildman–Crippen LogP) is 2.37. The molecule has 1 atom stereocenters. The number of nitrogens with two attached hydrogens (primary N) is 1. The Morgan fingerprint density at radius 2 is 1.80 bits per heavy atom. The van der Waals surface area contributed by atoms with Crippen molar-refractivity contribution in [3.05, 3.63) is 34.9 Å². The van der Waals surface area contributed by atoms with Crippen LogP contribution in [-0.4, -0.2) is 40.1 Å². The zero-order valence-corrected chi connectivity index (χ0v) is 12.9. The van der Waals surface area contributed by atoms with E-state index < -0.39 is 0 Å². The molecule has 0 radical (unpaired) electrons. The van der Waals surface area contributed by atoms with Crippen LogP contribution in [-0.2, 0) is 14.2 Å². The standard InChI is InChI=1S/C16H27NO3/c1-13-5-6-14(2)15(11-13)16(17)12-20-10-9-19-8-4-7-18-3/h5-6,11,16H,4,7-10,12,17H2,1-3H3. The van der Waals surface area contributed by atoms with Crippen molar-refractivity contribution in [1.82, 2.24) is 0 Å². The van der Waals surface area contributed by atoms with Gasteiger partial charge in [-0.3, -0.25) is 0 Å². The summed E-state index contributed by atoms with van der Waals surface area (Å²) in [5.74, 6) is 0. The zero-order chi connectivity index (χ0) is 14.8. The van der Waals surface area contributed by atoms with Crippen LogP contribution >= 0.6 is 0 Å². The molecule has 1 unspecified atom stereocenters. The predicted molar refractivity (Wildman–Crippen MR) is 81.0 cm³/mol. The number of benzene rings is 1. The molecule has 4 nitrogen and oxygen atoms in total. The molecule has 1 aromatic rings. The molecule has 0 amide bonds. The molecule has 1 aromatic carbocycles. The first kappa shape index (κ1) is 17.1. The highest BCUT2D eigenvalue weighted by Gasteiger charge is 2.09. The Kier molecular flexibility index (Phi) is 8.46. The smallest absolute Gasteiger partial charge is 0.0701 e. The number of ether oxygens (including phenoxy) is 3. The van der Waals surface area contributed by atoms with E-state index in [0.29, 0.717) is 26.4 Å². The average Bonchev–Trinajstić information content (AvgIpc) is 2.44. The molecule has 0 fully saturated rings. The van der Waals surface area contributed by atoms with Crippen molar-refractivity contribution in [3.63, 3.8) is 0 Å². The van der Waals surface area contributed by atoms with Crippen molar-refractivity contribution in [2.45, 2.75) is 26.3 Å². The van der Waals surface area contributed by atoms with E-state index in [1.165, 1.54) is 11.1 Å². The molecule has 0 bridgehead atoms. The fraction of sp³-hybridized carbons (Fsp3) is 0.625. The van der Waals surface area contributed by atoms with E-state index in [0.717, 1.165) is 18.6 Å². The quantitative estimate of drug-likeness (QED) is 0.669. The van der Waals surface area contributed by atoms with Crippen LogP contribution in [0.2, 0.25) is 0 Å². The van der Waals surface area contributed by atoms with Gasteiger partial charge in [-0.15, -0.1) is 0 Å². The normalized spacial score (nSPS) is 12.6. The van der Waals surface area contributed by atoms with Gasteiger partial charge in [-0.1, -0.05) is 23.8 Å². The summed E-state index contributed by atoms with van der Waals surface area (Å²) in [7, 11) is 1.69. The number of aryl methyl sites for hydroxylation is 2. The highest BCUT2D eigenvalue weighted by Crippen LogP contribution is 2.17. The summed E-state index contributed by atoms with van der Waals surface area (Å²) in [6.07, 6.45) is 0.915. The molecule has 0 saturated carbocycles. The van der Waals surface area contributed by atoms with Crippen molar-refractivity contribution in [3.8, 4) is 0 Å². The Morgan fingerprint density at radius 1 is 1.05 bits per heavy atom. The second-order valence-electron chi connectivity index (χ2n) is 5.00. The second kappa shape index (κ2) is 9.88. The van der Waals surface area contributed by atoms with Crippen LogP contribution in [0, 0.1) is 13.8 Å². The topological polar surface area (TPSA) is 53.7 Å². The molecule has 0 spiro atoms. The summed E-state index contributed by atoms with van der Waals surface area (Å²) in [4.78, 5) is 0. The zero-order valence-electron chi connectivity index (χ0n) is 12.9. The van der Waals surface area contributed by atoms with Gasteiger partial charge in [0, 0.05) is 20.3 Å². The third-order valence-electron chi connectivity index (χ3n) is 3.14. The minimum absolute atomic E-state index is 0.0802. The van der Waals surface area contributed by atoms with Crippen molar-refractivity contribution in [1.29, 1.82) is 0 Å². The first-order valence-corrected chi connectivity index (χ1v) is 7.12. The lowest BCUT2D eigenvalue weighted by Crippen LogP contribution is -2.20. The maximum absolute atomic E-state index is 6.16. The van der Waals surface area contributed by atoms with E-state index in [1.54, 1.807) is 7.11 Å². The Hall–Kier alpha value is -0.940. The van der Waals surface area contributed by atoms with Crippen LogP contribution in [0.25, 0.3) is 0 Å². The first-order chi connectivity index (χ1) is 9.65. The van der Waals surface area contributed by atoms with Gasteiger partial charge in [0.05, 0.1) is 25.9 Å². The van der Waals surface area contributed by atoms with E-state index in [1.807, 2.05) is 0 Å². The molecule has 0 aliphatic heterocycles. The largest absolute Gasteiger partial charge is 0.385 e. The van der Waals surface area contributed by atoms with E-state index >= 15 is 0 Å². The highest BCUT2D eigenvalue weighted by atomic mass is 16.5. The SMILES string of the molecule is COCCCOCCOCC(N)c1cc(C)ccc1C. The third kappa shape index (κ3) is 6.48. The van der Waals surface area contributed by atoms with Crippen LogP contribution in [0.1, 0.15) is 29.2 Å². The number of methoxy groups -OCH3 is 1. The Bertz CT molecular complexity index is 382. The summed E-state index contributed by atoms with van der Waals surface area (Å²) in [5, 5.41) is 0. The summed E-state index contributed by atoms with van der Waals surface area (Å²) in [6.45, 7) is 7.29. The molecule has 1 rings (SSSR count). The van der Waals surface area contributed by atoms with Crippen LogP contribution in [0.4, 0.5) is 0 Å². The molecule has 0 saturated heterocycles. The van der Waals surface area contributed by atoms with E-state index in [9.17, 15) is 0 Å². The van der Waals surface area contributed by atoms with Crippen molar-refractivity contribution < 1.29 is 14.2 Å². The van der Waals surface area contributed by atoms with Gasteiger partial charge >= 0.3 is 0 Å². The van der Waals surface area contributed by atoms with E-state index in [2.05, 4.69) is 32.0 Å². The summed E-state index contributed by atoms with van der Waals surface area (Å²) < 4.78 is 15.9. The fourth-order valence-corrected chi connectivity index (χ4v) is 1.98. The van der Waals surface area contributed by atoms with Crippen LogP contribution in [0.15, 0.2) is 18.2 Å². The molecule has 20 heavy (non-hydrogen) atoms. The lowest BCUT2D eigenvalue weighted by Gasteiger charge is -2.16. The first-order valence-electron chi connectivity index (χ1n) is 7.12. The van der Waals surface area contributed by atoms with Crippen molar-refractivity contribution in [2.24, 2.45) is 5.73 Å². The minimum atomic E-state index is -0.0802. The summed E-state index contributed by atoms with van der Waals surface area (Å²) in [6, 6.07) is 6.25. The molecular weight excluding hydrogens is 254 g/mol. The molecule has 0 heterocycles. The lowest BCUT2D eigenvalue weighted by molar-refractivity contribution is 0.0355. The fourth-order valence-electron chi connectivity index (χ4n) is 1.98. The number of hydrogen-bond donors (Lipinski definition) is 1. The molecule has 2 N–H and O–H groups in total. The van der Waals surface area contributed by atoms with Gasteiger partial charge in [0.2, 0.25) is 0 Å². The second-order valence-corrected chi connectivity index (χ2v) is 5.00. The molecule has 0 aromatic heterocycles. The molecule has 0 aliphatic carbocycles. The molecule has 0 aliphatic rings. The average molecular weight is 281 g/mol. The van der Waals surface area contributed by atoms with Gasteiger partial charge in [0.1, 0.15) is 0 Å². The molecular formula is C16H27NO3. The minimum Gasteiger partial charge on any atom is -0.385 e. The maximum atomic E-state index is 6.16. The van der Waals surface area contributed by atoms with Gasteiger partial charge in [-0.2, -0.15) is 0 Å². The molecule has 4 heteroatoms. The van der Waals surface area contributed by atoms with Crippen LogP contribution in [0.5, 0.6) is 0 Å². The van der Waals surface area contributed by atoms with Crippen molar-refractivity contribution in [2.75, 3.05) is 40.1 Å². The van der Waals surface area contributed by atoms with Gasteiger partial charge in [0.15, 0.2) is 0 Å². The van der Waals surface area contributed by atoms with Gasteiger partial charge in [0.25, 0.3) is 0 Å². The summed E-state index contributed by atoms with van der Waals surface area (Å²) >= 11 is 0. The Labute approximate surface area is 122 Å². The Morgan fingerprint density at radius 3 is 2.55 bits per heavy atom.